The fraction of sp³-hybridized carbons (Fsp3) is 0.538. The molecule has 0 aliphatic carbocycles. The van der Waals surface area contributed by atoms with Crippen molar-refractivity contribution >= 4 is 23.6 Å². The molecule has 1 N–H and O–H groups in total. The summed E-state index contributed by atoms with van der Waals surface area (Å²) in [6.45, 7) is 10.5. The summed E-state index contributed by atoms with van der Waals surface area (Å²) in [5.41, 5.74) is 1.36. The number of nitrogens with one attached hydrogen (secondary N) is 1. The fourth-order valence-electron chi connectivity index (χ4n) is 3.35. The van der Waals surface area contributed by atoms with Crippen molar-refractivity contribution in [2.75, 3.05) is 32.1 Å². The van der Waals surface area contributed by atoms with Crippen LogP contribution in [0.3, 0.4) is 0 Å². The summed E-state index contributed by atoms with van der Waals surface area (Å²) in [6.07, 6.45) is 1.64. The van der Waals surface area contributed by atoms with E-state index in [0.29, 0.717) is 12.4 Å². The van der Waals surface area contributed by atoms with E-state index in [4.69, 9.17) is 14.6 Å². The highest BCUT2D eigenvalue weighted by Gasteiger charge is 2.23. The molecule has 2 rings (SSSR count). The first-order chi connectivity index (χ1) is 16.6. The molecule has 2 aromatic rings. The lowest BCUT2D eigenvalue weighted by molar-refractivity contribution is -0.145. The maximum absolute atomic E-state index is 13.0. The highest BCUT2D eigenvalue weighted by molar-refractivity contribution is 5.94. The molecule has 35 heavy (non-hydrogen) atoms. The summed E-state index contributed by atoms with van der Waals surface area (Å²) in [5.74, 6) is 0.232. The molecule has 0 atom stereocenters. The van der Waals surface area contributed by atoms with Crippen molar-refractivity contribution in [1.82, 2.24) is 14.7 Å². The summed E-state index contributed by atoms with van der Waals surface area (Å²) >= 11 is 0. The van der Waals surface area contributed by atoms with Crippen molar-refractivity contribution in [3.8, 4) is 11.4 Å². The van der Waals surface area contributed by atoms with Gasteiger partial charge in [0, 0.05) is 24.4 Å². The second kappa shape index (κ2) is 12.9. The Morgan fingerprint density at radius 1 is 1.09 bits per heavy atom. The van der Waals surface area contributed by atoms with Crippen LogP contribution >= 0.6 is 0 Å². The van der Waals surface area contributed by atoms with Crippen LogP contribution in [0, 0.1) is 0 Å². The molecule has 0 saturated carbocycles. The van der Waals surface area contributed by atoms with Gasteiger partial charge in [-0.15, -0.1) is 0 Å². The quantitative estimate of drug-likeness (QED) is 0.453. The summed E-state index contributed by atoms with van der Waals surface area (Å²) < 4.78 is 11.8. The lowest BCUT2D eigenvalue weighted by atomic mass is 9.92. The van der Waals surface area contributed by atoms with Crippen LogP contribution in [0.25, 0.3) is 5.69 Å². The van der Waals surface area contributed by atoms with Gasteiger partial charge in [0.05, 0.1) is 38.1 Å². The predicted octanol–water partition coefficient (Wildman–Crippen LogP) is 4.09. The van der Waals surface area contributed by atoms with Crippen LogP contribution in [0.4, 0.5) is 5.82 Å². The van der Waals surface area contributed by atoms with E-state index in [1.165, 1.54) is 4.90 Å². The van der Waals surface area contributed by atoms with Gasteiger partial charge in [-0.2, -0.15) is 5.10 Å². The van der Waals surface area contributed by atoms with Gasteiger partial charge in [-0.25, -0.2) is 4.68 Å². The fourth-order valence-corrected chi connectivity index (χ4v) is 3.35. The van der Waals surface area contributed by atoms with Gasteiger partial charge in [0.25, 0.3) is 0 Å². The second-order valence-corrected chi connectivity index (χ2v) is 9.30. The molecule has 1 aromatic carbocycles. The zero-order chi connectivity index (χ0) is 26.0. The van der Waals surface area contributed by atoms with Crippen LogP contribution in [0.5, 0.6) is 5.75 Å². The zero-order valence-corrected chi connectivity index (χ0v) is 21.7. The summed E-state index contributed by atoms with van der Waals surface area (Å²) in [5, 5.41) is 7.64. The molecule has 1 aromatic heterocycles. The number of esters is 1. The standard InChI is InChI=1S/C26H38N4O5/c1-7-9-16-29(24(32)14-15-25(33)35-8-2)18-23(31)27-22-17-21(26(3,4)5)28-30(22)19-10-12-20(34-6)13-11-19/h10-13,17H,7-9,14-16,18H2,1-6H3,(H,27,31). The monoisotopic (exact) mass is 486 g/mol. The molecule has 0 bridgehead atoms. The number of methoxy groups -OCH3 is 1. The van der Waals surface area contributed by atoms with Crippen LogP contribution in [-0.2, 0) is 24.5 Å². The topological polar surface area (TPSA) is 103 Å². The lowest BCUT2D eigenvalue weighted by Crippen LogP contribution is -2.39. The normalized spacial score (nSPS) is 11.1. The largest absolute Gasteiger partial charge is 0.497 e. The molecular weight excluding hydrogens is 448 g/mol. The van der Waals surface area contributed by atoms with Gasteiger partial charge >= 0.3 is 5.97 Å². The molecule has 9 nitrogen and oxygen atoms in total. The van der Waals surface area contributed by atoms with Gasteiger partial charge in [-0.05, 0) is 37.6 Å². The van der Waals surface area contributed by atoms with E-state index in [2.05, 4.69) is 5.32 Å². The first kappa shape index (κ1) is 27.9. The van der Waals surface area contributed by atoms with E-state index in [-0.39, 0.29) is 43.2 Å². The molecule has 0 aliphatic heterocycles. The first-order valence-electron chi connectivity index (χ1n) is 12.1. The number of hydrogen-bond donors (Lipinski definition) is 1. The van der Waals surface area contributed by atoms with E-state index in [1.54, 1.807) is 18.7 Å². The van der Waals surface area contributed by atoms with Crippen molar-refractivity contribution in [1.29, 1.82) is 0 Å². The average Bonchev–Trinajstić information content (AvgIpc) is 3.24. The van der Waals surface area contributed by atoms with Gasteiger partial charge < -0.3 is 19.7 Å². The highest BCUT2D eigenvalue weighted by Crippen LogP contribution is 2.27. The summed E-state index contributed by atoms with van der Waals surface area (Å²) in [6, 6.07) is 9.23. The van der Waals surface area contributed by atoms with Crippen molar-refractivity contribution in [2.45, 2.75) is 65.7 Å². The smallest absolute Gasteiger partial charge is 0.306 e. The number of carbonyl (C=O) groups is 3. The Kier molecular flexibility index (Phi) is 10.3. The summed E-state index contributed by atoms with van der Waals surface area (Å²) in [7, 11) is 1.60. The Bertz CT molecular complexity index is 992. The second-order valence-electron chi connectivity index (χ2n) is 9.30. The number of carbonyl (C=O) groups excluding carboxylic acids is 3. The van der Waals surface area contributed by atoms with E-state index < -0.39 is 5.97 Å². The average molecular weight is 487 g/mol. The minimum atomic E-state index is -0.418. The van der Waals surface area contributed by atoms with Gasteiger partial charge in [0.15, 0.2) is 0 Å². The molecule has 192 valence electrons. The number of hydrogen-bond acceptors (Lipinski definition) is 6. The maximum Gasteiger partial charge on any atom is 0.306 e. The third-order valence-electron chi connectivity index (χ3n) is 5.38. The number of anilines is 1. The number of unbranched alkanes of at least 4 members (excludes halogenated alkanes) is 1. The number of benzene rings is 1. The van der Waals surface area contributed by atoms with Crippen molar-refractivity contribution in [2.24, 2.45) is 0 Å². The zero-order valence-electron chi connectivity index (χ0n) is 21.7. The Morgan fingerprint density at radius 3 is 2.34 bits per heavy atom. The van der Waals surface area contributed by atoms with Crippen LogP contribution in [-0.4, -0.2) is 59.3 Å². The molecule has 0 unspecified atom stereocenters. The molecule has 0 saturated heterocycles. The van der Waals surface area contributed by atoms with Crippen LogP contribution < -0.4 is 10.1 Å². The van der Waals surface area contributed by atoms with Crippen LogP contribution in [0.15, 0.2) is 30.3 Å². The first-order valence-corrected chi connectivity index (χ1v) is 12.1. The third-order valence-corrected chi connectivity index (χ3v) is 5.38. The van der Waals surface area contributed by atoms with E-state index >= 15 is 0 Å². The van der Waals surface area contributed by atoms with E-state index in [1.807, 2.05) is 58.0 Å². The summed E-state index contributed by atoms with van der Waals surface area (Å²) in [4.78, 5) is 38.9. The molecule has 9 heteroatoms. The number of ether oxygens (including phenoxy) is 2. The Hall–Kier alpha value is -3.36. The number of aromatic nitrogens is 2. The maximum atomic E-state index is 13.0. The van der Waals surface area contributed by atoms with E-state index in [0.717, 1.165) is 30.0 Å². The molecule has 2 amide bonds. The van der Waals surface area contributed by atoms with Crippen molar-refractivity contribution in [3.05, 3.63) is 36.0 Å². The molecule has 1 heterocycles. The molecular formula is C26H38N4O5. The Labute approximate surface area is 207 Å². The predicted molar refractivity (Wildman–Crippen MR) is 135 cm³/mol. The van der Waals surface area contributed by atoms with Gasteiger partial charge in [0.1, 0.15) is 11.6 Å². The minimum Gasteiger partial charge on any atom is -0.497 e. The highest BCUT2D eigenvalue weighted by atomic mass is 16.5. The van der Waals surface area contributed by atoms with E-state index in [9.17, 15) is 14.4 Å². The minimum absolute atomic E-state index is 0.00387. The molecule has 0 radical (unpaired) electrons. The van der Waals surface area contributed by atoms with Crippen molar-refractivity contribution in [3.63, 3.8) is 0 Å². The molecule has 0 fully saturated rings. The van der Waals surface area contributed by atoms with Gasteiger partial charge in [-0.3, -0.25) is 14.4 Å². The van der Waals surface area contributed by atoms with Crippen molar-refractivity contribution < 1.29 is 23.9 Å². The Balaban J connectivity index is 2.20. The van der Waals surface area contributed by atoms with Crippen LogP contribution in [0.2, 0.25) is 0 Å². The SMILES string of the molecule is CCCCN(CC(=O)Nc1cc(C(C)(C)C)nn1-c1ccc(OC)cc1)C(=O)CCC(=O)OCC. The van der Waals surface area contributed by atoms with Gasteiger partial charge in [-0.1, -0.05) is 34.1 Å². The lowest BCUT2D eigenvalue weighted by Gasteiger charge is -2.22. The van der Waals surface area contributed by atoms with Crippen LogP contribution in [0.1, 0.15) is 66.0 Å². The molecule has 0 aliphatic rings. The number of rotatable bonds is 12. The molecule has 0 spiro atoms. The van der Waals surface area contributed by atoms with Gasteiger partial charge in [0.2, 0.25) is 11.8 Å². The third kappa shape index (κ3) is 8.42. The number of nitrogens with zero attached hydrogens (tertiary/aromatic N) is 3. The number of amides is 2. The Morgan fingerprint density at radius 2 is 1.77 bits per heavy atom.